The Morgan fingerprint density at radius 3 is 1.89 bits per heavy atom. The van der Waals surface area contributed by atoms with Crippen LogP contribution in [0.1, 0.15) is 10.4 Å². The van der Waals surface area contributed by atoms with Crippen LogP contribution in [0, 0.1) is 0 Å². The number of hydrogen-bond donors (Lipinski definition) is 4. The summed E-state index contributed by atoms with van der Waals surface area (Å²) in [4.78, 5) is 24.1. The summed E-state index contributed by atoms with van der Waals surface area (Å²) in [6.07, 6.45) is 0. The summed E-state index contributed by atoms with van der Waals surface area (Å²) < 4.78 is 0. The van der Waals surface area contributed by atoms with Crippen LogP contribution in [0.2, 0.25) is 0 Å². The van der Waals surface area contributed by atoms with Crippen LogP contribution in [0.4, 0.5) is 10.5 Å². The number of rotatable bonds is 3. The quantitative estimate of drug-likeness (QED) is 0.406. The first-order valence-electron chi connectivity index (χ1n) is 8.51. The van der Waals surface area contributed by atoms with E-state index in [9.17, 15) is 9.59 Å². The van der Waals surface area contributed by atoms with E-state index in [0.29, 0.717) is 11.3 Å². The molecule has 0 aliphatic carbocycles. The standard InChI is InChI=1S/C21H18N4O2S/c26-19(17-13-11-16(12-14-17)15-7-3-1-4-8-15)23-21(28)25-24-20(27)22-18-9-5-2-6-10-18/h1-14H,(H2,22,24,27)(H2,23,25,26,28). The van der Waals surface area contributed by atoms with Gasteiger partial charge >= 0.3 is 6.03 Å². The molecule has 3 rings (SSSR count). The lowest BCUT2D eigenvalue weighted by Crippen LogP contribution is -2.49. The normalized spacial score (nSPS) is 9.86. The van der Waals surface area contributed by atoms with Crippen molar-refractivity contribution >= 4 is 35.0 Å². The highest BCUT2D eigenvalue weighted by atomic mass is 32.1. The van der Waals surface area contributed by atoms with Gasteiger partial charge in [-0.3, -0.25) is 15.5 Å². The number of hydrogen-bond acceptors (Lipinski definition) is 3. The molecule has 140 valence electrons. The van der Waals surface area contributed by atoms with Crippen molar-refractivity contribution in [2.75, 3.05) is 5.32 Å². The van der Waals surface area contributed by atoms with Crippen LogP contribution in [0.25, 0.3) is 11.1 Å². The molecule has 0 aromatic heterocycles. The molecular weight excluding hydrogens is 372 g/mol. The van der Waals surface area contributed by atoms with Crippen LogP contribution < -0.4 is 21.5 Å². The highest BCUT2D eigenvalue weighted by Gasteiger charge is 2.09. The summed E-state index contributed by atoms with van der Waals surface area (Å²) in [6, 6.07) is 25.5. The zero-order chi connectivity index (χ0) is 19.8. The Hall–Kier alpha value is -3.71. The number of thiocarbonyl (C=S) groups is 1. The summed E-state index contributed by atoms with van der Waals surface area (Å²) in [5.74, 6) is -0.373. The third-order valence-corrected chi connectivity index (χ3v) is 4.01. The van der Waals surface area contributed by atoms with Gasteiger partial charge in [0.2, 0.25) is 0 Å². The van der Waals surface area contributed by atoms with Gasteiger partial charge in [0.15, 0.2) is 5.11 Å². The third kappa shape index (κ3) is 5.39. The molecule has 0 bridgehead atoms. The molecule has 4 N–H and O–H groups in total. The van der Waals surface area contributed by atoms with Gasteiger partial charge in [-0.25, -0.2) is 10.2 Å². The molecule has 28 heavy (non-hydrogen) atoms. The highest BCUT2D eigenvalue weighted by Crippen LogP contribution is 2.19. The first-order valence-corrected chi connectivity index (χ1v) is 8.91. The van der Waals surface area contributed by atoms with E-state index in [2.05, 4.69) is 21.5 Å². The van der Waals surface area contributed by atoms with E-state index in [1.54, 1.807) is 36.4 Å². The fourth-order valence-electron chi connectivity index (χ4n) is 2.45. The van der Waals surface area contributed by atoms with Crippen molar-refractivity contribution in [2.45, 2.75) is 0 Å². The lowest BCUT2D eigenvalue weighted by Gasteiger charge is -2.12. The molecule has 0 unspecified atom stereocenters. The number of urea groups is 1. The second-order valence-electron chi connectivity index (χ2n) is 5.80. The summed E-state index contributed by atoms with van der Waals surface area (Å²) in [5.41, 5.74) is 8.01. The average Bonchev–Trinajstić information content (AvgIpc) is 2.74. The van der Waals surface area contributed by atoms with Crippen molar-refractivity contribution < 1.29 is 9.59 Å². The number of hydrazine groups is 1. The lowest BCUT2D eigenvalue weighted by atomic mass is 10.0. The summed E-state index contributed by atoms with van der Waals surface area (Å²) in [7, 11) is 0. The molecular formula is C21H18N4O2S. The van der Waals surface area contributed by atoms with Crippen molar-refractivity contribution in [3.05, 3.63) is 90.5 Å². The number of benzene rings is 3. The Kier molecular flexibility index (Phi) is 6.33. The van der Waals surface area contributed by atoms with Gasteiger partial charge in [-0.2, -0.15) is 0 Å². The molecule has 6 nitrogen and oxygen atoms in total. The third-order valence-electron chi connectivity index (χ3n) is 3.80. The summed E-state index contributed by atoms with van der Waals surface area (Å²) in [6.45, 7) is 0. The molecule has 0 heterocycles. The summed E-state index contributed by atoms with van der Waals surface area (Å²) >= 11 is 5.03. The zero-order valence-electron chi connectivity index (χ0n) is 14.8. The predicted molar refractivity (Wildman–Crippen MR) is 114 cm³/mol. The molecule has 0 aliphatic rings. The minimum absolute atomic E-state index is 0.0136. The molecule has 0 saturated carbocycles. The van der Waals surface area contributed by atoms with E-state index >= 15 is 0 Å². The summed E-state index contributed by atoms with van der Waals surface area (Å²) in [5, 5.41) is 5.12. The second-order valence-corrected chi connectivity index (χ2v) is 6.21. The molecule has 0 spiro atoms. The predicted octanol–water partition coefficient (Wildman–Crippen LogP) is 3.69. The van der Waals surface area contributed by atoms with Crippen molar-refractivity contribution in [3.63, 3.8) is 0 Å². The zero-order valence-corrected chi connectivity index (χ0v) is 15.6. The van der Waals surface area contributed by atoms with E-state index in [0.717, 1.165) is 11.1 Å². The van der Waals surface area contributed by atoms with Crippen molar-refractivity contribution in [3.8, 4) is 11.1 Å². The van der Waals surface area contributed by atoms with Gasteiger partial charge in [0, 0.05) is 11.3 Å². The smallest absolute Gasteiger partial charge is 0.307 e. The molecule has 3 aromatic rings. The highest BCUT2D eigenvalue weighted by molar-refractivity contribution is 7.80. The Bertz CT molecular complexity index is 961. The molecule has 0 saturated heterocycles. The van der Waals surface area contributed by atoms with Crippen LogP contribution in [0.5, 0.6) is 0 Å². The van der Waals surface area contributed by atoms with Crippen LogP contribution >= 0.6 is 12.2 Å². The molecule has 0 aliphatic heterocycles. The maximum atomic E-state index is 12.3. The first-order chi connectivity index (χ1) is 13.6. The minimum atomic E-state index is -0.505. The number of carbonyl (C=O) groups excluding carboxylic acids is 2. The monoisotopic (exact) mass is 390 g/mol. The maximum absolute atomic E-state index is 12.3. The van der Waals surface area contributed by atoms with Crippen molar-refractivity contribution in [2.24, 2.45) is 0 Å². The van der Waals surface area contributed by atoms with Gasteiger partial charge in [-0.15, -0.1) is 0 Å². The van der Waals surface area contributed by atoms with Crippen LogP contribution in [0.3, 0.4) is 0 Å². The number of amides is 3. The van der Waals surface area contributed by atoms with E-state index in [4.69, 9.17) is 12.2 Å². The number of nitrogens with one attached hydrogen (secondary N) is 4. The van der Waals surface area contributed by atoms with Gasteiger partial charge < -0.3 is 5.32 Å². The van der Waals surface area contributed by atoms with E-state index in [1.165, 1.54) is 0 Å². The fourth-order valence-corrected chi connectivity index (χ4v) is 2.59. The van der Waals surface area contributed by atoms with Crippen LogP contribution in [0.15, 0.2) is 84.9 Å². The molecule has 7 heteroatoms. The molecule has 0 fully saturated rings. The van der Waals surface area contributed by atoms with E-state index in [1.807, 2.05) is 48.5 Å². The molecule has 3 aromatic carbocycles. The number of carbonyl (C=O) groups is 2. The van der Waals surface area contributed by atoms with Crippen molar-refractivity contribution in [1.29, 1.82) is 0 Å². The van der Waals surface area contributed by atoms with Crippen molar-refractivity contribution in [1.82, 2.24) is 16.2 Å². The fraction of sp³-hybridized carbons (Fsp3) is 0. The van der Waals surface area contributed by atoms with Crippen LogP contribution in [-0.4, -0.2) is 17.1 Å². The van der Waals surface area contributed by atoms with Gasteiger partial charge in [0.05, 0.1) is 0 Å². The van der Waals surface area contributed by atoms with Gasteiger partial charge in [-0.1, -0.05) is 60.7 Å². The average molecular weight is 390 g/mol. The topological polar surface area (TPSA) is 82.3 Å². The molecule has 0 atom stereocenters. The number of anilines is 1. The Morgan fingerprint density at radius 1 is 0.679 bits per heavy atom. The van der Waals surface area contributed by atoms with Gasteiger partial charge in [0.1, 0.15) is 0 Å². The maximum Gasteiger partial charge on any atom is 0.337 e. The van der Waals surface area contributed by atoms with E-state index < -0.39 is 6.03 Å². The SMILES string of the molecule is O=C(NNC(=S)NC(=O)c1ccc(-c2ccccc2)cc1)Nc1ccccc1. The Balaban J connectivity index is 1.48. The van der Waals surface area contributed by atoms with E-state index in [-0.39, 0.29) is 11.0 Å². The van der Waals surface area contributed by atoms with Gasteiger partial charge in [0.25, 0.3) is 5.91 Å². The Labute approximate surface area is 167 Å². The molecule has 3 amide bonds. The van der Waals surface area contributed by atoms with Crippen LogP contribution in [-0.2, 0) is 0 Å². The Morgan fingerprint density at radius 2 is 1.25 bits per heavy atom. The largest absolute Gasteiger partial charge is 0.337 e. The molecule has 0 radical (unpaired) electrons. The number of para-hydroxylation sites is 1. The second kappa shape index (κ2) is 9.29. The lowest BCUT2D eigenvalue weighted by molar-refractivity contribution is 0.0976. The first kappa shape index (κ1) is 19.1. The van der Waals surface area contributed by atoms with Gasteiger partial charge in [-0.05, 0) is 47.6 Å². The minimum Gasteiger partial charge on any atom is -0.307 e.